The first-order valence-electron chi connectivity index (χ1n) is 8.27. The SMILES string of the molecule is Cn1cnc(C(=O)N2CCC(c3nc(-c4ccccn4)no3)(C(F)(F)F)C2)n1. The summed E-state index contributed by atoms with van der Waals surface area (Å²) < 4.78 is 48.4. The van der Waals surface area contributed by atoms with Gasteiger partial charge >= 0.3 is 6.18 Å². The summed E-state index contributed by atoms with van der Waals surface area (Å²) in [5, 5.41) is 7.50. The third kappa shape index (κ3) is 2.90. The van der Waals surface area contributed by atoms with Crippen LogP contribution in [0.1, 0.15) is 22.9 Å². The van der Waals surface area contributed by atoms with E-state index in [0.29, 0.717) is 5.69 Å². The van der Waals surface area contributed by atoms with E-state index in [2.05, 4.69) is 25.2 Å². The van der Waals surface area contributed by atoms with Gasteiger partial charge in [0.2, 0.25) is 17.5 Å². The Morgan fingerprint density at radius 3 is 2.75 bits per heavy atom. The normalized spacial score (nSPS) is 19.9. The molecule has 1 aliphatic heterocycles. The van der Waals surface area contributed by atoms with Gasteiger partial charge in [-0.2, -0.15) is 18.2 Å². The van der Waals surface area contributed by atoms with Gasteiger partial charge in [0.05, 0.1) is 0 Å². The highest BCUT2D eigenvalue weighted by Crippen LogP contribution is 2.47. The van der Waals surface area contributed by atoms with E-state index in [1.54, 1.807) is 25.2 Å². The summed E-state index contributed by atoms with van der Waals surface area (Å²) in [6.07, 6.45) is -2.33. The molecule has 1 amide bonds. The van der Waals surface area contributed by atoms with Gasteiger partial charge in [0.15, 0.2) is 5.41 Å². The Morgan fingerprint density at radius 1 is 1.29 bits per heavy atom. The summed E-state index contributed by atoms with van der Waals surface area (Å²) >= 11 is 0. The topological polar surface area (TPSA) is 103 Å². The molecular weight excluding hydrogens is 379 g/mol. The summed E-state index contributed by atoms with van der Waals surface area (Å²) in [7, 11) is 1.56. The number of carbonyl (C=O) groups excluding carboxylic acids is 1. The largest absolute Gasteiger partial charge is 0.405 e. The van der Waals surface area contributed by atoms with E-state index in [4.69, 9.17) is 4.52 Å². The summed E-state index contributed by atoms with van der Waals surface area (Å²) in [4.78, 5) is 25.3. The van der Waals surface area contributed by atoms with Gasteiger partial charge in [0.25, 0.3) is 5.91 Å². The van der Waals surface area contributed by atoms with Crippen LogP contribution in [-0.4, -0.2) is 60.0 Å². The van der Waals surface area contributed by atoms with Crippen molar-refractivity contribution in [3.05, 3.63) is 42.4 Å². The lowest BCUT2D eigenvalue weighted by Crippen LogP contribution is -2.46. The molecule has 146 valence electrons. The molecule has 0 N–H and O–H groups in total. The van der Waals surface area contributed by atoms with Crippen LogP contribution in [0.4, 0.5) is 13.2 Å². The number of amides is 1. The highest BCUT2D eigenvalue weighted by atomic mass is 19.4. The number of hydrogen-bond donors (Lipinski definition) is 0. The monoisotopic (exact) mass is 393 g/mol. The molecule has 1 saturated heterocycles. The molecule has 0 radical (unpaired) electrons. The zero-order valence-electron chi connectivity index (χ0n) is 14.6. The zero-order chi connectivity index (χ0) is 19.9. The van der Waals surface area contributed by atoms with Crippen molar-refractivity contribution in [2.75, 3.05) is 13.1 Å². The first-order chi connectivity index (χ1) is 13.3. The fourth-order valence-electron chi connectivity index (χ4n) is 3.11. The van der Waals surface area contributed by atoms with E-state index in [1.165, 1.54) is 17.2 Å². The number of aryl methyl sites for hydroxylation is 1. The predicted octanol–water partition coefficient (Wildman–Crippen LogP) is 1.61. The van der Waals surface area contributed by atoms with E-state index in [9.17, 15) is 18.0 Å². The number of hydrogen-bond acceptors (Lipinski definition) is 7. The molecule has 1 aliphatic rings. The quantitative estimate of drug-likeness (QED) is 0.666. The minimum absolute atomic E-state index is 0.0459. The molecule has 0 aliphatic carbocycles. The Balaban J connectivity index is 1.66. The molecule has 0 saturated carbocycles. The number of pyridine rings is 1. The summed E-state index contributed by atoms with van der Waals surface area (Å²) in [6.45, 7) is -0.796. The van der Waals surface area contributed by atoms with Crippen molar-refractivity contribution in [1.82, 2.24) is 34.8 Å². The highest BCUT2D eigenvalue weighted by Gasteiger charge is 2.63. The maximum atomic E-state index is 14.0. The predicted molar refractivity (Wildman–Crippen MR) is 86.8 cm³/mol. The molecule has 1 unspecified atom stereocenters. The van der Waals surface area contributed by atoms with Crippen molar-refractivity contribution in [2.24, 2.45) is 7.05 Å². The van der Waals surface area contributed by atoms with Gasteiger partial charge in [-0.15, -0.1) is 5.10 Å². The van der Waals surface area contributed by atoms with E-state index in [-0.39, 0.29) is 18.2 Å². The van der Waals surface area contributed by atoms with Gasteiger partial charge in [-0.25, -0.2) is 4.98 Å². The smallest absolute Gasteiger partial charge is 0.338 e. The Kier molecular flexibility index (Phi) is 4.12. The number of alkyl halides is 3. The van der Waals surface area contributed by atoms with Crippen LogP contribution in [0.15, 0.2) is 35.2 Å². The lowest BCUT2D eigenvalue weighted by molar-refractivity contribution is -0.193. The summed E-state index contributed by atoms with van der Waals surface area (Å²) in [5.74, 6) is -1.49. The molecule has 1 fully saturated rings. The molecule has 0 aromatic carbocycles. The molecule has 3 aromatic rings. The van der Waals surface area contributed by atoms with E-state index in [1.807, 2.05) is 0 Å². The molecule has 3 aromatic heterocycles. The van der Waals surface area contributed by atoms with Crippen molar-refractivity contribution >= 4 is 5.91 Å². The van der Waals surface area contributed by atoms with Crippen molar-refractivity contribution in [1.29, 1.82) is 0 Å². The maximum Gasteiger partial charge on any atom is 0.405 e. The second-order valence-corrected chi connectivity index (χ2v) is 6.44. The fraction of sp³-hybridized carbons (Fsp3) is 0.375. The third-order valence-corrected chi connectivity index (χ3v) is 4.62. The molecule has 9 nitrogen and oxygen atoms in total. The van der Waals surface area contributed by atoms with Crippen molar-refractivity contribution in [2.45, 2.75) is 18.0 Å². The van der Waals surface area contributed by atoms with E-state index in [0.717, 1.165) is 4.90 Å². The summed E-state index contributed by atoms with van der Waals surface area (Å²) in [6, 6.07) is 4.88. The van der Waals surface area contributed by atoms with Gasteiger partial charge < -0.3 is 9.42 Å². The van der Waals surface area contributed by atoms with Crippen LogP contribution in [0.25, 0.3) is 11.5 Å². The van der Waals surface area contributed by atoms with Crippen molar-refractivity contribution in [3.8, 4) is 11.5 Å². The van der Waals surface area contributed by atoms with Crippen LogP contribution in [0.2, 0.25) is 0 Å². The van der Waals surface area contributed by atoms with Gasteiger partial charge in [-0.3, -0.25) is 14.5 Å². The molecule has 4 rings (SSSR count). The maximum absolute atomic E-state index is 14.0. The fourth-order valence-corrected chi connectivity index (χ4v) is 3.11. The van der Waals surface area contributed by atoms with Crippen LogP contribution >= 0.6 is 0 Å². The number of aromatic nitrogens is 6. The Hall–Kier alpha value is -3.31. The molecule has 4 heterocycles. The van der Waals surface area contributed by atoms with Crippen molar-refractivity contribution in [3.63, 3.8) is 0 Å². The molecule has 12 heteroatoms. The molecule has 0 bridgehead atoms. The average molecular weight is 393 g/mol. The van der Waals surface area contributed by atoms with Gasteiger partial charge in [0, 0.05) is 26.3 Å². The van der Waals surface area contributed by atoms with E-state index < -0.39 is 36.4 Å². The molecule has 1 atom stereocenters. The molecule has 0 spiro atoms. The minimum Gasteiger partial charge on any atom is -0.338 e. The first kappa shape index (κ1) is 18.1. The van der Waals surface area contributed by atoms with Crippen LogP contribution in [0.3, 0.4) is 0 Å². The Bertz CT molecular complexity index is 1000. The number of halogens is 3. The van der Waals surface area contributed by atoms with Crippen LogP contribution in [-0.2, 0) is 12.5 Å². The Morgan fingerprint density at radius 2 is 2.11 bits per heavy atom. The number of nitrogens with zero attached hydrogens (tertiary/aromatic N) is 7. The number of carbonyl (C=O) groups is 1. The lowest BCUT2D eigenvalue weighted by Gasteiger charge is -2.27. The standard InChI is InChI=1S/C16H14F3N7O2/c1-25-9-21-12(23-25)13(27)26-7-5-15(8-26,16(17,18)19)14-22-11(24-28-14)10-4-2-3-6-20-10/h2-4,6,9H,5,7-8H2,1H3. The lowest BCUT2D eigenvalue weighted by atomic mass is 9.86. The van der Waals surface area contributed by atoms with Crippen LogP contribution in [0.5, 0.6) is 0 Å². The highest BCUT2D eigenvalue weighted by molar-refractivity contribution is 5.90. The first-order valence-corrected chi connectivity index (χ1v) is 8.27. The third-order valence-electron chi connectivity index (χ3n) is 4.62. The molecular formula is C16H14F3N7O2. The molecule has 28 heavy (non-hydrogen) atoms. The average Bonchev–Trinajstić information content (AvgIpc) is 3.40. The van der Waals surface area contributed by atoms with Gasteiger partial charge in [0.1, 0.15) is 12.0 Å². The Labute approximate surface area is 156 Å². The van der Waals surface area contributed by atoms with Crippen LogP contribution < -0.4 is 0 Å². The number of rotatable bonds is 3. The van der Waals surface area contributed by atoms with Gasteiger partial charge in [-0.05, 0) is 18.6 Å². The van der Waals surface area contributed by atoms with Crippen molar-refractivity contribution < 1.29 is 22.5 Å². The minimum atomic E-state index is -4.70. The number of likely N-dealkylation sites (tertiary alicyclic amines) is 1. The van der Waals surface area contributed by atoms with Crippen LogP contribution in [0, 0.1) is 0 Å². The van der Waals surface area contributed by atoms with E-state index >= 15 is 0 Å². The second-order valence-electron chi connectivity index (χ2n) is 6.44. The zero-order valence-corrected chi connectivity index (χ0v) is 14.6. The second kappa shape index (κ2) is 6.39. The van der Waals surface area contributed by atoms with Gasteiger partial charge in [-0.1, -0.05) is 11.2 Å². The summed E-state index contributed by atoms with van der Waals surface area (Å²) in [5.41, 5.74) is -2.17.